The fourth-order valence-corrected chi connectivity index (χ4v) is 3.01. The van der Waals surface area contributed by atoms with E-state index in [0.717, 1.165) is 5.56 Å². The van der Waals surface area contributed by atoms with Gasteiger partial charge in [-0.1, -0.05) is 12.1 Å². The number of carbonyl (C=O) groups is 2. The molecule has 10 nitrogen and oxygen atoms in total. The third-order valence-electron chi connectivity index (χ3n) is 4.46. The van der Waals surface area contributed by atoms with Gasteiger partial charge in [0.1, 0.15) is 11.8 Å². The van der Waals surface area contributed by atoms with E-state index in [1.54, 1.807) is 6.07 Å². The van der Waals surface area contributed by atoms with Gasteiger partial charge in [0.25, 0.3) is 5.91 Å². The highest BCUT2D eigenvalue weighted by Gasteiger charge is 2.36. The SMILES string of the molecule is COCCNC(=O)C1Cn2c(n[nH]c2=O)CN1C(=O)COc1cccc(C)c1. The van der Waals surface area contributed by atoms with Crippen LogP contribution in [0.15, 0.2) is 29.1 Å². The molecule has 2 heterocycles. The number of benzene rings is 1. The topological polar surface area (TPSA) is 119 Å². The number of aryl methyl sites for hydroxylation is 1. The zero-order valence-corrected chi connectivity index (χ0v) is 15.8. The highest BCUT2D eigenvalue weighted by atomic mass is 16.5. The monoisotopic (exact) mass is 389 g/mol. The van der Waals surface area contributed by atoms with Crippen molar-refractivity contribution in [3.05, 3.63) is 46.1 Å². The van der Waals surface area contributed by atoms with Crippen molar-refractivity contribution in [2.45, 2.75) is 26.1 Å². The summed E-state index contributed by atoms with van der Waals surface area (Å²) in [4.78, 5) is 38.7. The minimum Gasteiger partial charge on any atom is -0.484 e. The number of rotatable bonds is 7. The van der Waals surface area contributed by atoms with E-state index < -0.39 is 11.7 Å². The van der Waals surface area contributed by atoms with E-state index >= 15 is 0 Å². The average molecular weight is 389 g/mol. The van der Waals surface area contributed by atoms with Gasteiger partial charge in [0, 0.05) is 13.7 Å². The first-order chi connectivity index (χ1) is 13.5. The second kappa shape index (κ2) is 8.70. The van der Waals surface area contributed by atoms with Crippen LogP contribution < -0.4 is 15.7 Å². The van der Waals surface area contributed by atoms with E-state index in [4.69, 9.17) is 9.47 Å². The van der Waals surface area contributed by atoms with E-state index in [-0.39, 0.29) is 31.5 Å². The number of fused-ring (bicyclic) bond motifs is 1. The quantitative estimate of drug-likeness (QED) is 0.613. The maximum atomic E-state index is 12.8. The molecule has 0 spiro atoms. The lowest BCUT2D eigenvalue weighted by Crippen LogP contribution is -2.56. The van der Waals surface area contributed by atoms with Crippen LogP contribution in [0.25, 0.3) is 0 Å². The van der Waals surface area contributed by atoms with E-state index in [0.29, 0.717) is 24.7 Å². The van der Waals surface area contributed by atoms with Gasteiger partial charge in [0.15, 0.2) is 12.4 Å². The van der Waals surface area contributed by atoms with E-state index in [9.17, 15) is 14.4 Å². The Morgan fingerprint density at radius 3 is 2.96 bits per heavy atom. The Balaban J connectivity index is 1.73. The van der Waals surface area contributed by atoms with Crippen LogP contribution in [0.4, 0.5) is 0 Å². The standard InChI is InChI=1S/C18H23N5O5/c1-12-4-3-5-13(8-12)28-11-16(24)22-10-15-20-21-18(26)23(15)9-14(22)17(25)19-6-7-27-2/h3-5,8,14H,6-7,9-11H2,1-2H3,(H,19,25)(H,21,26). The molecule has 2 amide bonds. The van der Waals surface area contributed by atoms with Crippen LogP contribution >= 0.6 is 0 Å². The first-order valence-corrected chi connectivity index (χ1v) is 8.89. The molecule has 1 aromatic heterocycles. The number of nitrogens with one attached hydrogen (secondary N) is 2. The third-order valence-corrected chi connectivity index (χ3v) is 4.46. The van der Waals surface area contributed by atoms with Crippen molar-refractivity contribution in [1.29, 1.82) is 0 Å². The molecule has 0 saturated carbocycles. The van der Waals surface area contributed by atoms with Crippen LogP contribution in [-0.4, -0.2) is 64.4 Å². The summed E-state index contributed by atoms with van der Waals surface area (Å²) >= 11 is 0. The molecule has 1 atom stereocenters. The molecular formula is C18H23N5O5. The second-order valence-corrected chi connectivity index (χ2v) is 6.48. The molecular weight excluding hydrogens is 366 g/mol. The number of nitrogens with zero attached hydrogens (tertiary/aromatic N) is 3. The Morgan fingerprint density at radius 2 is 2.21 bits per heavy atom. The van der Waals surface area contributed by atoms with Crippen molar-refractivity contribution in [3.63, 3.8) is 0 Å². The Bertz CT molecular complexity index is 906. The molecule has 1 unspecified atom stereocenters. The Hall–Kier alpha value is -3.14. The molecule has 0 aliphatic carbocycles. The maximum absolute atomic E-state index is 12.8. The first-order valence-electron chi connectivity index (χ1n) is 8.89. The molecule has 2 N–H and O–H groups in total. The minimum atomic E-state index is -0.840. The van der Waals surface area contributed by atoms with Gasteiger partial charge in [-0.3, -0.25) is 14.2 Å². The summed E-state index contributed by atoms with van der Waals surface area (Å²) in [5.41, 5.74) is 0.603. The van der Waals surface area contributed by atoms with Gasteiger partial charge in [-0.25, -0.2) is 9.89 Å². The smallest absolute Gasteiger partial charge is 0.343 e. The number of hydrogen-bond acceptors (Lipinski definition) is 6. The van der Waals surface area contributed by atoms with Crippen molar-refractivity contribution >= 4 is 11.8 Å². The van der Waals surface area contributed by atoms with E-state index in [1.165, 1.54) is 16.6 Å². The Morgan fingerprint density at radius 1 is 1.39 bits per heavy atom. The lowest BCUT2D eigenvalue weighted by Gasteiger charge is -2.34. The Labute approximate surface area is 161 Å². The molecule has 3 rings (SSSR count). The van der Waals surface area contributed by atoms with E-state index in [1.807, 2.05) is 25.1 Å². The predicted molar refractivity (Wildman–Crippen MR) is 98.7 cm³/mol. The van der Waals surface area contributed by atoms with Gasteiger partial charge in [-0.05, 0) is 24.6 Å². The number of amides is 2. The van der Waals surface area contributed by atoms with Crippen LogP contribution in [0.5, 0.6) is 5.75 Å². The lowest BCUT2D eigenvalue weighted by molar-refractivity contribution is -0.144. The highest BCUT2D eigenvalue weighted by molar-refractivity contribution is 5.88. The molecule has 0 saturated heterocycles. The number of carbonyl (C=O) groups excluding carboxylic acids is 2. The normalized spacial score (nSPS) is 15.8. The summed E-state index contributed by atoms with van der Waals surface area (Å²) in [6.07, 6.45) is 0. The lowest BCUT2D eigenvalue weighted by atomic mass is 10.1. The number of hydrogen-bond donors (Lipinski definition) is 2. The molecule has 1 aliphatic rings. The number of aromatic amines is 1. The molecule has 0 bridgehead atoms. The van der Waals surface area contributed by atoms with Gasteiger partial charge >= 0.3 is 5.69 Å². The van der Waals surface area contributed by atoms with E-state index in [2.05, 4.69) is 15.5 Å². The molecule has 28 heavy (non-hydrogen) atoms. The van der Waals surface area contributed by atoms with Crippen molar-refractivity contribution in [2.75, 3.05) is 26.9 Å². The molecule has 2 aromatic rings. The minimum absolute atomic E-state index is 0.0274. The summed E-state index contributed by atoms with van der Waals surface area (Å²) in [7, 11) is 1.53. The summed E-state index contributed by atoms with van der Waals surface area (Å²) in [6.45, 7) is 2.42. The highest BCUT2D eigenvalue weighted by Crippen LogP contribution is 2.17. The molecule has 1 aromatic carbocycles. The second-order valence-electron chi connectivity index (χ2n) is 6.48. The van der Waals surface area contributed by atoms with Gasteiger partial charge in [-0.15, -0.1) is 0 Å². The summed E-state index contributed by atoms with van der Waals surface area (Å²) in [6, 6.07) is 6.51. The summed E-state index contributed by atoms with van der Waals surface area (Å²) in [5, 5.41) is 9.00. The van der Waals surface area contributed by atoms with Gasteiger partial charge in [0.2, 0.25) is 5.91 Å². The van der Waals surface area contributed by atoms with Crippen LogP contribution in [0, 0.1) is 6.92 Å². The molecule has 0 radical (unpaired) electrons. The summed E-state index contributed by atoms with van der Waals surface area (Å²) < 4.78 is 11.9. The molecule has 1 aliphatic heterocycles. The molecule has 0 fully saturated rings. The van der Waals surface area contributed by atoms with Crippen LogP contribution in [0.1, 0.15) is 11.4 Å². The third kappa shape index (κ3) is 4.39. The average Bonchev–Trinajstić information content (AvgIpc) is 3.05. The van der Waals surface area contributed by atoms with Crippen molar-refractivity contribution < 1.29 is 19.1 Å². The van der Waals surface area contributed by atoms with Crippen LogP contribution in [0.2, 0.25) is 0 Å². The van der Waals surface area contributed by atoms with Gasteiger partial charge in [0.05, 0.1) is 19.7 Å². The molecule has 150 valence electrons. The maximum Gasteiger partial charge on any atom is 0.343 e. The predicted octanol–water partition coefficient (Wildman–Crippen LogP) is -0.568. The van der Waals surface area contributed by atoms with Crippen LogP contribution in [-0.2, 0) is 27.4 Å². The Kier molecular flexibility index (Phi) is 6.09. The molecule has 10 heteroatoms. The number of H-pyrrole nitrogens is 1. The summed E-state index contributed by atoms with van der Waals surface area (Å²) in [5.74, 6) is 0.243. The largest absolute Gasteiger partial charge is 0.484 e. The van der Waals surface area contributed by atoms with Crippen molar-refractivity contribution in [1.82, 2.24) is 25.0 Å². The number of ether oxygens (including phenoxy) is 2. The number of methoxy groups -OCH3 is 1. The fourth-order valence-electron chi connectivity index (χ4n) is 3.01. The van der Waals surface area contributed by atoms with Gasteiger partial charge < -0.3 is 19.7 Å². The van der Waals surface area contributed by atoms with Crippen LogP contribution in [0.3, 0.4) is 0 Å². The zero-order valence-electron chi connectivity index (χ0n) is 15.8. The van der Waals surface area contributed by atoms with Crippen molar-refractivity contribution in [3.8, 4) is 5.75 Å². The van der Waals surface area contributed by atoms with Gasteiger partial charge in [-0.2, -0.15) is 5.10 Å². The fraction of sp³-hybridized carbons (Fsp3) is 0.444. The van der Waals surface area contributed by atoms with Crippen molar-refractivity contribution in [2.24, 2.45) is 0 Å². The first kappa shape index (κ1) is 19.6. The number of aromatic nitrogens is 3. The zero-order chi connectivity index (χ0) is 20.1.